The second kappa shape index (κ2) is 7.26. The van der Waals surface area contributed by atoms with Gasteiger partial charge in [-0.3, -0.25) is 14.8 Å². The summed E-state index contributed by atoms with van der Waals surface area (Å²) in [6.07, 6.45) is 6.19. The fourth-order valence-corrected chi connectivity index (χ4v) is 3.47. The topological polar surface area (TPSA) is 71.0 Å². The van der Waals surface area contributed by atoms with Crippen molar-refractivity contribution in [1.29, 1.82) is 0 Å². The van der Waals surface area contributed by atoms with Crippen molar-refractivity contribution in [3.8, 4) is 0 Å². The molecule has 0 aliphatic carbocycles. The van der Waals surface area contributed by atoms with Crippen molar-refractivity contribution in [2.75, 3.05) is 18.4 Å². The number of nitrogens with one attached hydrogen (secondary N) is 1. The molecule has 3 heterocycles. The Morgan fingerprint density at radius 1 is 1.22 bits per heavy atom. The van der Waals surface area contributed by atoms with E-state index in [2.05, 4.69) is 20.3 Å². The van der Waals surface area contributed by atoms with E-state index in [-0.39, 0.29) is 17.8 Å². The molecule has 7 heteroatoms. The average molecular weight is 365 g/mol. The number of carbonyl (C=O) groups excluding carboxylic acids is 1. The first kappa shape index (κ1) is 17.3. The Hall–Kier alpha value is -3.09. The quantitative estimate of drug-likeness (QED) is 0.772. The lowest BCUT2D eigenvalue weighted by atomic mass is 10.0. The molecule has 0 spiro atoms. The summed E-state index contributed by atoms with van der Waals surface area (Å²) in [6, 6.07) is 6.79. The molecule has 3 aromatic rings. The van der Waals surface area contributed by atoms with Gasteiger partial charge in [0.05, 0.1) is 11.7 Å². The summed E-state index contributed by atoms with van der Waals surface area (Å²) in [6.45, 7) is 3.21. The molecular weight excluding hydrogens is 345 g/mol. The lowest BCUT2D eigenvalue weighted by Gasteiger charge is -2.33. The summed E-state index contributed by atoms with van der Waals surface area (Å²) in [4.78, 5) is 26.8. The second-order valence-electron chi connectivity index (χ2n) is 6.77. The number of halogens is 1. The number of rotatable bonds is 3. The molecule has 1 saturated heterocycles. The highest BCUT2D eigenvalue weighted by atomic mass is 19.1. The molecule has 0 atom stereocenters. The van der Waals surface area contributed by atoms with Crippen LogP contribution in [0.15, 0.2) is 42.9 Å². The van der Waals surface area contributed by atoms with E-state index in [0.717, 1.165) is 35.1 Å². The first-order valence-corrected chi connectivity index (χ1v) is 8.99. The van der Waals surface area contributed by atoms with Crippen LogP contribution < -0.4 is 5.32 Å². The van der Waals surface area contributed by atoms with Crippen molar-refractivity contribution in [3.63, 3.8) is 0 Å². The van der Waals surface area contributed by atoms with Crippen LogP contribution >= 0.6 is 0 Å². The van der Waals surface area contributed by atoms with E-state index in [1.54, 1.807) is 17.2 Å². The minimum absolute atomic E-state index is 0.0890. The summed E-state index contributed by atoms with van der Waals surface area (Å²) in [5.74, 6) is -0.366. The Morgan fingerprint density at radius 3 is 2.78 bits per heavy atom. The summed E-state index contributed by atoms with van der Waals surface area (Å²) < 4.78 is 13.7. The molecular formula is C20H20FN5O. The van der Waals surface area contributed by atoms with Crippen LogP contribution in [0.5, 0.6) is 0 Å². The Bertz CT molecular complexity index is 971. The van der Waals surface area contributed by atoms with Crippen LogP contribution in [0.3, 0.4) is 0 Å². The predicted molar refractivity (Wildman–Crippen MR) is 101 cm³/mol. The van der Waals surface area contributed by atoms with E-state index in [9.17, 15) is 9.18 Å². The molecule has 4 rings (SSSR count). The number of likely N-dealkylation sites (tertiary alicyclic amines) is 1. The molecule has 1 aliphatic rings. The number of pyridine rings is 1. The Balaban J connectivity index is 1.46. The molecule has 0 saturated carbocycles. The average Bonchev–Trinajstić information content (AvgIpc) is 2.69. The van der Waals surface area contributed by atoms with Crippen LogP contribution in [0.2, 0.25) is 0 Å². The van der Waals surface area contributed by atoms with Crippen LogP contribution in [0.1, 0.15) is 29.0 Å². The number of carbonyl (C=O) groups is 1. The van der Waals surface area contributed by atoms with Crippen LogP contribution in [0, 0.1) is 12.7 Å². The highest BCUT2D eigenvalue weighted by Crippen LogP contribution is 2.26. The number of benzene rings is 1. The maximum Gasteiger partial charge on any atom is 0.274 e. The number of hydrogen-bond acceptors (Lipinski definition) is 5. The normalized spacial score (nSPS) is 15.1. The number of nitrogens with zero attached hydrogens (tertiary/aromatic N) is 4. The zero-order valence-corrected chi connectivity index (χ0v) is 15.0. The maximum absolute atomic E-state index is 13.7. The van der Waals surface area contributed by atoms with Crippen LogP contribution in [-0.4, -0.2) is 44.9 Å². The lowest BCUT2D eigenvalue weighted by molar-refractivity contribution is 0.0712. The van der Waals surface area contributed by atoms with Crippen molar-refractivity contribution in [3.05, 3.63) is 60.1 Å². The van der Waals surface area contributed by atoms with Gasteiger partial charge in [0.15, 0.2) is 0 Å². The minimum atomic E-state index is -0.277. The number of fused-ring (bicyclic) bond motifs is 1. The zero-order valence-electron chi connectivity index (χ0n) is 15.0. The van der Waals surface area contributed by atoms with Crippen molar-refractivity contribution >= 4 is 22.5 Å². The van der Waals surface area contributed by atoms with E-state index in [0.29, 0.717) is 18.8 Å². The van der Waals surface area contributed by atoms with E-state index in [1.807, 2.05) is 13.0 Å². The third-order valence-electron chi connectivity index (χ3n) is 4.82. The Morgan fingerprint density at radius 2 is 2.04 bits per heavy atom. The standard InChI is InChI=1S/C20H20FN5O/c1-13-10-18(16-11-14(21)2-3-17(16)24-13)25-15-4-8-26(9-5-15)20(27)19-12-22-6-7-23-19/h2-3,6-7,10-12,15H,4-5,8-9H2,1H3,(H,24,25). The van der Waals surface area contributed by atoms with Gasteiger partial charge in [-0.1, -0.05) is 0 Å². The summed E-state index contributed by atoms with van der Waals surface area (Å²) >= 11 is 0. The molecule has 27 heavy (non-hydrogen) atoms. The maximum atomic E-state index is 13.7. The molecule has 1 aromatic carbocycles. The zero-order chi connectivity index (χ0) is 18.8. The lowest BCUT2D eigenvalue weighted by Crippen LogP contribution is -2.42. The monoisotopic (exact) mass is 365 g/mol. The molecule has 1 aliphatic heterocycles. The number of amides is 1. The first-order chi connectivity index (χ1) is 13.1. The van der Waals surface area contributed by atoms with Crippen molar-refractivity contribution in [1.82, 2.24) is 19.9 Å². The third kappa shape index (κ3) is 3.72. The van der Waals surface area contributed by atoms with Gasteiger partial charge in [-0.2, -0.15) is 0 Å². The smallest absolute Gasteiger partial charge is 0.274 e. The Labute approximate surface area is 156 Å². The van der Waals surface area contributed by atoms with E-state index < -0.39 is 0 Å². The SMILES string of the molecule is Cc1cc(NC2CCN(C(=O)c3cnccn3)CC2)c2cc(F)ccc2n1. The molecule has 6 nitrogen and oxygen atoms in total. The first-order valence-electron chi connectivity index (χ1n) is 8.99. The number of hydrogen-bond donors (Lipinski definition) is 1. The second-order valence-corrected chi connectivity index (χ2v) is 6.77. The predicted octanol–water partition coefficient (Wildman–Crippen LogP) is 3.19. The summed E-state index contributed by atoms with van der Waals surface area (Å²) in [5, 5.41) is 4.30. The molecule has 138 valence electrons. The van der Waals surface area contributed by atoms with Gasteiger partial charge in [-0.15, -0.1) is 0 Å². The van der Waals surface area contributed by atoms with E-state index in [1.165, 1.54) is 24.5 Å². The largest absolute Gasteiger partial charge is 0.382 e. The van der Waals surface area contributed by atoms with Gasteiger partial charge in [-0.25, -0.2) is 9.37 Å². The van der Waals surface area contributed by atoms with Gasteiger partial charge < -0.3 is 10.2 Å². The molecule has 2 aromatic heterocycles. The molecule has 0 bridgehead atoms. The summed E-state index contributed by atoms with van der Waals surface area (Å²) in [7, 11) is 0. The van der Waals surface area contributed by atoms with Crippen LogP contribution in [0.25, 0.3) is 10.9 Å². The molecule has 1 fully saturated rings. The number of piperidine rings is 1. The van der Waals surface area contributed by atoms with Gasteiger partial charge in [0.1, 0.15) is 11.5 Å². The fourth-order valence-electron chi connectivity index (χ4n) is 3.47. The van der Waals surface area contributed by atoms with Gasteiger partial charge >= 0.3 is 0 Å². The summed E-state index contributed by atoms with van der Waals surface area (Å²) in [5.41, 5.74) is 2.91. The van der Waals surface area contributed by atoms with Gasteiger partial charge in [0.2, 0.25) is 0 Å². The van der Waals surface area contributed by atoms with E-state index >= 15 is 0 Å². The van der Waals surface area contributed by atoms with Crippen LogP contribution in [-0.2, 0) is 0 Å². The minimum Gasteiger partial charge on any atom is -0.382 e. The van der Waals surface area contributed by atoms with Crippen molar-refractivity contribution in [2.45, 2.75) is 25.8 Å². The van der Waals surface area contributed by atoms with Crippen LogP contribution in [0.4, 0.5) is 10.1 Å². The molecule has 1 amide bonds. The molecule has 1 N–H and O–H groups in total. The number of anilines is 1. The highest BCUT2D eigenvalue weighted by Gasteiger charge is 2.24. The molecule has 0 radical (unpaired) electrons. The Kier molecular flexibility index (Phi) is 4.66. The third-order valence-corrected chi connectivity index (χ3v) is 4.82. The van der Waals surface area contributed by atoms with Crippen molar-refractivity contribution < 1.29 is 9.18 Å². The number of aromatic nitrogens is 3. The fraction of sp³-hybridized carbons (Fsp3) is 0.300. The van der Waals surface area contributed by atoms with Gasteiger partial charge in [0.25, 0.3) is 5.91 Å². The van der Waals surface area contributed by atoms with Gasteiger partial charge in [-0.05, 0) is 44.0 Å². The number of aryl methyl sites for hydroxylation is 1. The van der Waals surface area contributed by atoms with E-state index in [4.69, 9.17) is 0 Å². The van der Waals surface area contributed by atoms with Gasteiger partial charge in [0, 0.05) is 48.3 Å². The van der Waals surface area contributed by atoms with Crippen molar-refractivity contribution in [2.24, 2.45) is 0 Å². The highest BCUT2D eigenvalue weighted by molar-refractivity contribution is 5.92. The molecule has 0 unspecified atom stereocenters.